The second kappa shape index (κ2) is 7.02. The molecule has 1 heterocycles. The molecule has 0 bridgehead atoms. The first-order chi connectivity index (χ1) is 11.4. The molecule has 0 unspecified atom stereocenters. The van der Waals surface area contributed by atoms with Gasteiger partial charge in [0.05, 0.1) is 6.26 Å². The van der Waals surface area contributed by atoms with Gasteiger partial charge in [-0.3, -0.25) is 4.79 Å². The normalized spacial score (nSPS) is 25.4. The number of hydrogen-bond acceptors (Lipinski definition) is 3. The van der Waals surface area contributed by atoms with Crippen LogP contribution in [0.1, 0.15) is 30.7 Å². The Hall–Kier alpha value is -1.11. The third-order valence-electron chi connectivity index (χ3n) is 5.04. The van der Waals surface area contributed by atoms with Gasteiger partial charge in [-0.2, -0.15) is 0 Å². The van der Waals surface area contributed by atoms with Crippen molar-refractivity contribution in [1.82, 2.24) is 9.62 Å². The maximum atomic E-state index is 12.3. The number of amides is 1. The van der Waals surface area contributed by atoms with Gasteiger partial charge in [0.25, 0.3) is 0 Å². The average Bonchev–Trinajstić information content (AvgIpc) is 3.33. The lowest BCUT2D eigenvalue weighted by Crippen LogP contribution is -2.41. The van der Waals surface area contributed by atoms with Gasteiger partial charge in [0.15, 0.2) is 0 Å². The molecule has 1 amide bonds. The molecule has 0 radical (unpaired) electrons. The van der Waals surface area contributed by atoms with Crippen molar-refractivity contribution in [2.45, 2.75) is 25.2 Å². The van der Waals surface area contributed by atoms with Gasteiger partial charge >= 0.3 is 0 Å². The number of nitrogens with one attached hydrogen (secondary N) is 1. The second-order valence-corrected chi connectivity index (χ2v) is 9.21. The molecule has 1 saturated carbocycles. The summed E-state index contributed by atoms with van der Waals surface area (Å²) >= 11 is 6.19. The Labute approximate surface area is 148 Å². The van der Waals surface area contributed by atoms with E-state index in [1.165, 1.54) is 10.6 Å². The molecule has 1 aliphatic heterocycles. The van der Waals surface area contributed by atoms with Gasteiger partial charge in [-0.15, -0.1) is 0 Å². The Morgan fingerprint density at radius 1 is 1.29 bits per heavy atom. The first kappa shape index (κ1) is 17.7. The highest BCUT2D eigenvalue weighted by Crippen LogP contribution is 2.49. The maximum absolute atomic E-state index is 12.3. The van der Waals surface area contributed by atoms with E-state index >= 15 is 0 Å². The van der Waals surface area contributed by atoms with Crippen LogP contribution < -0.4 is 5.32 Å². The molecular weight excluding hydrogens is 348 g/mol. The van der Waals surface area contributed by atoms with Gasteiger partial charge in [-0.1, -0.05) is 29.8 Å². The molecule has 1 aliphatic carbocycles. The zero-order chi connectivity index (χ0) is 17.3. The highest BCUT2D eigenvalue weighted by atomic mass is 35.5. The van der Waals surface area contributed by atoms with Gasteiger partial charge in [-0.05, 0) is 42.7 Å². The standard InChI is InChI=1S/C17H23ClN2O3S/c1-24(22,23)20-8-6-12(7-9-20)11-19-17(21)15-10-14(15)13-4-2-3-5-16(13)18/h2-5,12,14-15H,6-11H2,1H3,(H,19,21)/t14-,15-/m0/s1. The molecular formula is C17H23ClN2O3S. The van der Waals surface area contributed by atoms with Crippen molar-refractivity contribution < 1.29 is 13.2 Å². The van der Waals surface area contributed by atoms with Crippen molar-refractivity contribution >= 4 is 27.5 Å². The summed E-state index contributed by atoms with van der Waals surface area (Å²) in [4.78, 5) is 12.3. The third-order valence-corrected chi connectivity index (χ3v) is 6.69. The van der Waals surface area contributed by atoms with E-state index in [9.17, 15) is 13.2 Å². The highest BCUT2D eigenvalue weighted by molar-refractivity contribution is 7.88. The fraction of sp³-hybridized carbons (Fsp3) is 0.588. The smallest absolute Gasteiger partial charge is 0.223 e. The number of carbonyl (C=O) groups is 1. The van der Waals surface area contributed by atoms with Crippen molar-refractivity contribution in [2.75, 3.05) is 25.9 Å². The molecule has 7 heteroatoms. The molecule has 0 spiro atoms. The Morgan fingerprint density at radius 3 is 2.58 bits per heavy atom. The van der Waals surface area contributed by atoms with E-state index in [2.05, 4.69) is 5.32 Å². The van der Waals surface area contributed by atoms with E-state index < -0.39 is 10.0 Å². The molecule has 24 heavy (non-hydrogen) atoms. The Balaban J connectivity index is 1.44. The zero-order valence-electron chi connectivity index (χ0n) is 13.7. The zero-order valence-corrected chi connectivity index (χ0v) is 15.3. The molecule has 2 fully saturated rings. The van der Waals surface area contributed by atoms with Crippen LogP contribution in [0.15, 0.2) is 24.3 Å². The summed E-state index contributed by atoms with van der Waals surface area (Å²) in [5, 5.41) is 3.76. The molecule has 132 valence electrons. The van der Waals surface area contributed by atoms with Crippen LogP contribution in [0.5, 0.6) is 0 Å². The van der Waals surface area contributed by atoms with Crippen molar-refractivity contribution in [3.05, 3.63) is 34.9 Å². The molecule has 5 nitrogen and oxygen atoms in total. The number of nitrogens with zero attached hydrogens (tertiary/aromatic N) is 1. The minimum Gasteiger partial charge on any atom is -0.356 e. The van der Waals surface area contributed by atoms with Crippen LogP contribution in [0.3, 0.4) is 0 Å². The molecule has 0 aromatic heterocycles. The predicted octanol–water partition coefficient (Wildman–Crippen LogP) is 2.23. The summed E-state index contributed by atoms with van der Waals surface area (Å²) in [6, 6.07) is 7.69. The average molecular weight is 371 g/mol. The van der Waals surface area contributed by atoms with Gasteiger partial charge in [0.1, 0.15) is 0 Å². The SMILES string of the molecule is CS(=O)(=O)N1CCC(CNC(=O)[C@H]2C[C@H]2c2ccccc2Cl)CC1. The molecule has 1 aromatic rings. The van der Waals surface area contributed by atoms with Gasteiger partial charge in [0.2, 0.25) is 15.9 Å². The number of carbonyl (C=O) groups excluding carboxylic acids is 1. The summed E-state index contributed by atoms with van der Waals surface area (Å²) < 4.78 is 24.5. The second-order valence-electron chi connectivity index (χ2n) is 6.82. The molecule has 1 saturated heterocycles. The lowest BCUT2D eigenvalue weighted by molar-refractivity contribution is -0.122. The molecule has 3 rings (SSSR count). The van der Waals surface area contributed by atoms with Crippen LogP contribution in [0.25, 0.3) is 0 Å². The molecule has 1 N–H and O–H groups in total. The van der Waals surface area contributed by atoms with Crippen LogP contribution in [-0.2, 0) is 14.8 Å². The van der Waals surface area contributed by atoms with E-state index in [0.29, 0.717) is 25.6 Å². The predicted molar refractivity (Wildman–Crippen MR) is 94.5 cm³/mol. The number of piperidine rings is 1. The summed E-state index contributed by atoms with van der Waals surface area (Å²) in [7, 11) is -3.09. The minimum atomic E-state index is -3.09. The summed E-state index contributed by atoms with van der Waals surface area (Å²) in [6.07, 6.45) is 3.69. The van der Waals surface area contributed by atoms with E-state index in [1.54, 1.807) is 0 Å². The summed E-state index contributed by atoms with van der Waals surface area (Å²) in [5.74, 6) is 0.682. The molecule has 2 aliphatic rings. The Bertz CT molecular complexity index is 714. The lowest BCUT2D eigenvalue weighted by atomic mass is 9.98. The first-order valence-corrected chi connectivity index (χ1v) is 10.6. The fourth-order valence-corrected chi connectivity index (χ4v) is 4.58. The molecule has 2 atom stereocenters. The number of rotatable bonds is 5. The summed E-state index contributed by atoms with van der Waals surface area (Å²) in [6.45, 7) is 1.72. The Kier molecular flexibility index (Phi) is 5.18. The van der Waals surface area contributed by atoms with E-state index in [4.69, 9.17) is 11.6 Å². The van der Waals surface area contributed by atoms with Crippen LogP contribution in [0.2, 0.25) is 5.02 Å². The van der Waals surface area contributed by atoms with Crippen molar-refractivity contribution in [3.8, 4) is 0 Å². The van der Waals surface area contributed by atoms with Crippen LogP contribution >= 0.6 is 11.6 Å². The molecule has 1 aromatic carbocycles. The van der Waals surface area contributed by atoms with Crippen LogP contribution in [0.4, 0.5) is 0 Å². The minimum absolute atomic E-state index is 0.0148. The first-order valence-electron chi connectivity index (χ1n) is 8.33. The summed E-state index contributed by atoms with van der Waals surface area (Å²) in [5.41, 5.74) is 1.06. The monoisotopic (exact) mass is 370 g/mol. The lowest BCUT2D eigenvalue weighted by Gasteiger charge is -2.30. The van der Waals surface area contributed by atoms with Gasteiger partial charge in [0, 0.05) is 30.6 Å². The number of halogens is 1. The topological polar surface area (TPSA) is 66.5 Å². The van der Waals surface area contributed by atoms with E-state index in [0.717, 1.165) is 29.8 Å². The van der Waals surface area contributed by atoms with Crippen LogP contribution in [0, 0.1) is 11.8 Å². The number of benzene rings is 1. The van der Waals surface area contributed by atoms with Crippen molar-refractivity contribution in [2.24, 2.45) is 11.8 Å². The number of hydrogen-bond donors (Lipinski definition) is 1. The number of sulfonamides is 1. The highest BCUT2D eigenvalue weighted by Gasteiger charge is 2.44. The Morgan fingerprint density at radius 2 is 1.96 bits per heavy atom. The maximum Gasteiger partial charge on any atom is 0.223 e. The van der Waals surface area contributed by atoms with Gasteiger partial charge in [-0.25, -0.2) is 12.7 Å². The van der Waals surface area contributed by atoms with Crippen molar-refractivity contribution in [1.29, 1.82) is 0 Å². The van der Waals surface area contributed by atoms with Gasteiger partial charge < -0.3 is 5.32 Å². The van der Waals surface area contributed by atoms with E-state index in [1.807, 2.05) is 24.3 Å². The third kappa shape index (κ3) is 4.10. The fourth-order valence-electron chi connectivity index (χ4n) is 3.43. The van der Waals surface area contributed by atoms with Crippen molar-refractivity contribution in [3.63, 3.8) is 0 Å². The quantitative estimate of drug-likeness (QED) is 0.864. The largest absolute Gasteiger partial charge is 0.356 e. The van der Waals surface area contributed by atoms with Crippen LogP contribution in [-0.4, -0.2) is 44.5 Å². The van der Waals surface area contributed by atoms with E-state index in [-0.39, 0.29) is 17.7 Å².